The zero-order chi connectivity index (χ0) is 17.1. The van der Waals surface area contributed by atoms with Crippen LogP contribution < -0.4 is 9.86 Å². The molecule has 124 valence electrons. The maximum Gasteiger partial charge on any atom is 0.240 e. The lowest BCUT2D eigenvalue weighted by Gasteiger charge is -2.07. The molecule has 0 aliphatic rings. The van der Waals surface area contributed by atoms with Gasteiger partial charge >= 0.3 is 0 Å². The van der Waals surface area contributed by atoms with Gasteiger partial charge in [0, 0.05) is 6.54 Å². The highest BCUT2D eigenvalue weighted by atomic mass is 32.2. The Hall–Kier alpha value is -1.81. The second-order valence-corrected chi connectivity index (χ2v) is 8.12. The molecule has 0 heterocycles. The Labute approximate surface area is 134 Å². The summed E-state index contributed by atoms with van der Waals surface area (Å²) in [5.74, 6) is -0.357. The van der Waals surface area contributed by atoms with E-state index in [9.17, 15) is 21.2 Å². The van der Waals surface area contributed by atoms with Crippen molar-refractivity contribution in [1.82, 2.24) is 4.72 Å². The highest BCUT2D eigenvalue weighted by Gasteiger charge is 2.15. The molecule has 0 radical (unpaired) electrons. The van der Waals surface area contributed by atoms with Gasteiger partial charge in [-0.2, -0.15) is 0 Å². The van der Waals surface area contributed by atoms with Crippen LogP contribution in [-0.2, 0) is 26.5 Å². The number of hydrogen-bond donors (Lipinski definition) is 2. The summed E-state index contributed by atoms with van der Waals surface area (Å²) in [6.45, 7) is 0.130. The molecule has 0 aliphatic carbocycles. The zero-order valence-corrected chi connectivity index (χ0v) is 13.6. The van der Waals surface area contributed by atoms with Gasteiger partial charge in [-0.05, 0) is 48.4 Å². The van der Waals surface area contributed by atoms with Crippen LogP contribution in [0.25, 0.3) is 0 Å². The monoisotopic (exact) mass is 358 g/mol. The number of primary sulfonamides is 1. The molecule has 2 rings (SSSR count). The minimum atomic E-state index is -3.87. The fraction of sp³-hybridized carbons (Fsp3) is 0.143. The second kappa shape index (κ2) is 6.75. The van der Waals surface area contributed by atoms with Crippen molar-refractivity contribution in [2.24, 2.45) is 5.14 Å². The van der Waals surface area contributed by atoms with E-state index >= 15 is 0 Å². The van der Waals surface area contributed by atoms with Crippen molar-refractivity contribution < 1.29 is 21.2 Å². The molecule has 3 N–H and O–H groups in total. The summed E-state index contributed by atoms with van der Waals surface area (Å²) >= 11 is 0. The van der Waals surface area contributed by atoms with Gasteiger partial charge in [-0.25, -0.2) is 31.1 Å². The molecule has 0 fully saturated rings. The normalized spacial score (nSPS) is 12.3. The predicted octanol–water partition coefficient (Wildman–Crippen LogP) is 0.994. The highest BCUT2D eigenvalue weighted by molar-refractivity contribution is 7.89. The number of nitrogens with one attached hydrogen (secondary N) is 1. The van der Waals surface area contributed by atoms with Gasteiger partial charge in [0.15, 0.2) is 0 Å². The molecule has 2 aromatic carbocycles. The minimum absolute atomic E-state index is 0.0657. The van der Waals surface area contributed by atoms with Gasteiger partial charge in [-0.3, -0.25) is 0 Å². The first-order valence-electron chi connectivity index (χ1n) is 6.55. The first-order valence-corrected chi connectivity index (χ1v) is 9.58. The Kier molecular flexibility index (Phi) is 5.15. The topological polar surface area (TPSA) is 106 Å². The number of rotatable bonds is 6. The standard InChI is InChI=1S/C14H15FN2O4S2/c15-12-3-1-11(2-4-12)9-10-17-23(20,21)14-7-5-13(6-8-14)22(16,18)19/h1-8,17H,9-10H2,(H2,16,18,19). The van der Waals surface area contributed by atoms with Crippen molar-refractivity contribution in [3.05, 3.63) is 59.9 Å². The van der Waals surface area contributed by atoms with Gasteiger partial charge in [0.05, 0.1) is 9.79 Å². The molecule has 0 saturated carbocycles. The molecule has 0 atom stereocenters. The fourth-order valence-electron chi connectivity index (χ4n) is 1.87. The lowest BCUT2D eigenvalue weighted by atomic mass is 10.1. The zero-order valence-electron chi connectivity index (χ0n) is 11.9. The Morgan fingerprint density at radius 3 is 1.91 bits per heavy atom. The summed E-state index contributed by atoms with van der Waals surface area (Å²) in [6.07, 6.45) is 0.398. The van der Waals surface area contributed by atoms with E-state index in [2.05, 4.69) is 4.72 Å². The quantitative estimate of drug-likeness (QED) is 0.803. The van der Waals surface area contributed by atoms with E-state index in [1.807, 2.05) is 0 Å². The van der Waals surface area contributed by atoms with Gasteiger partial charge in [0.25, 0.3) is 0 Å². The van der Waals surface area contributed by atoms with Crippen molar-refractivity contribution >= 4 is 20.0 Å². The summed E-state index contributed by atoms with van der Waals surface area (Å²) in [7, 11) is -7.63. The van der Waals surface area contributed by atoms with E-state index in [0.717, 1.165) is 17.7 Å². The molecule has 0 saturated heterocycles. The Bertz CT molecular complexity index is 877. The Morgan fingerprint density at radius 1 is 0.870 bits per heavy atom. The molecule has 0 bridgehead atoms. The van der Waals surface area contributed by atoms with Gasteiger partial charge in [-0.1, -0.05) is 12.1 Å². The van der Waals surface area contributed by atoms with Crippen LogP contribution in [0.15, 0.2) is 58.3 Å². The van der Waals surface area contributed by atoms with Crippen LogP contribution >= 0.6 is 0 Å². The van der Waals surface area contributed by atoms with Gasteiger partial charge in [0.1, 0.15) is 5.82 Å². The number of sulfonamides is 2. The summed E-state index contributed by atoms with van der Waals surface area (Å²) in [6, 6.07) is 10.3. The van der Waals surface area contributed by atoms with Crippen LogP contribution in [0.3, 0.4) is 0 Å². The molecule has 6 nitrogen and oxygen atoms in total. The number of hydrogen-bond acceptors (Lipinski definition) is 4. The van der Waals surface area contributed by atoms with Crippen LogP contribution in [0, 0.1) is 5.82 Å². The van der Waals surface area contributed by atoms with E-state index in [0.29, 0.717) is 6.42 Å². The summed E-state index contributed by atoms with van der Waals surface area (Å²) in [4.78, 5) is -0.230. The van der Waals surface area contributed by atoms with Gasteiger partial charge in [-0.15, -0.1) is 0 Å². The number of nitrogens with two attached hydrogens (primary N) is 1. The lowest BCUT2D eigenvalue weighted by molar-refractivity contribution is 0.580. The van der Waals surface area contributed by atoms with E-state index < -0.39 is 20.0 Å². The maximum atomic E-state index is 12.8. The first-order chi connectivity index (χ1) is 10.7. The molecular weight excluding hydrogens is 343 g/mol. The average molecular weight is 358 g/mol. The molecule has 0 unspecified atom stereocenters. The maximum absolute atomic E-state index is 12.8. The largest absolute Gasteiger partial charge is 0.240 e. The van der Waals surface area contributed by atoms with Crippen LogP contribution in [-0.4, -0.2) is 23.4 Å². The van der Waals surface area contributed by atoms with Crippen molar-refractivity contribution in [2.45, 2.75) is 16.2 Å². The Morgan fingerprint density at radius 2 is 1.39 bits per heavy atom. The molecule has 0 spiro atoms. The second-order valence-electron chi connectivity index (χ2n) is 4.79. The third kappa shape index (κ3) is 4.83. The van der Waals surface area contributed by atoms with Gasteiger partial charge in [0.2, 0.25) is 20.0 Å². The van der Waals surface area contributed by atoms with Crippen LogP contribution in [0.4, 0.5) is 4.39 Å². The molecule has 0 amide bonds. The smallest absolute Gasteiger partial charge is 0.225 e. The lowest BCUT2D eigenvalue weighted by Crippen LogP contribution is -2.26. The molecule has 0 aliphatic heterocycles. The highest BCUT2D eigenvalue weighted by Crippen LogP contribution is 2.13. The Balaban J connectivity index is 2.02. The number of halogens is 1. The first kappa shape index (κ1) is 17.5. The van der Waals surface area contributed by atoms with Gasteiger partial charge < -0.3 is 0 Å². The van der Waals surface area contributed by atoms with Crippen molar-refractivity contribution in [3.63, 3.8) is 0 Å². The molecule has 0 aromatic heterocycles. The summed E-state index contributed by atoms with van der Waals surface area (Å²) < 4.78 is 61.6. The van der Waals surface area contributed by atoms with Crippen molar-refractivity contribution in [1.29, 1.82) is 0 Å². The van der Waals surface area contributed by atoms with Crippen molar-refractivity contribution in [2.75, 3.05) is 6.54 Å². The number of benzene rings is 2. The van der Waals surface area contributed by atoms with Crippen LogP contribution in [0.5, 0.6) is 0 Å². The summed E-state index contributed by atoms with van der Waals surface area (Å²) in [5, 5.41) is 4.95. The minimum Gasteiger partial charge on any atom is -0.225 e. The molecule has 2 aromatic rings. The van der Waals surface area contributed by atoms with E-state index in [1.54, 1.807) is 12.1 Å². The molecule has 23 heavy (non-hydrogen) atoms. The fourth-order valence-corrected chi connectivity index (χ4v) is 3.42. The van der Waals surface area contributed by atoms with E-state index in [4.69, 9.17) is 5.14 Å². The predicted molar refractivity (Wildman–Crippen MR) is 83.1 cm³/mol. The summed E-state index contributed by atoms with van der Waals surface area (Å²) in [5.41, 5.74) is 0.790. The van der Waals surface area contributed by atoms with E-state index in [-0.39, 0.29) is 22.2 Å². The SMILES string of the molecule is NS(=O)(=O)c1ccc(S(=O)(=O)NCCc2ccc(F)cc2)cc1. The third-order valence-corrected chi connectivity index (χ3v) is 5.49. The average Bonchev–Trinajstić information content (AvgIpc) is 2.48. The third-order valence-electron chi connectivity index (χ3n) is 3.08. The van der Waals surface area contributed by atoms with Crippen molar-refractivity contribution in [3.8, 4) is 0 Å². The molecule has 9 heteroatoms. The van der Waals surface area contributed by atoms with Crippen LogP contribution in [0.2, 0.25) is 0 Å². The van der Waals surface area contributed by atoms with Crippen LogP contribution in [0.1, 0.15) is 5.56 Å². The molecular formula is C14H15FN2O4S2. The van der Waals surface area contributed by atoms with E-state index in [1.165, 1.54) is 24.3 Å².